The summed E-state index contributed by atoms with van der Waals surface area (Å²) in [7, 11) is 1.65. The third-order valence-corrected chi connectivity index (χ3v) is 4.81. The molecule has 2 heterocycles. The second kappa shape index (κ2) is 8.16. The highest BCUT2D eigenvalue weighted by Crippen LogP contribution is 2.18. The van der Waals surface area contributed by atoms with Crippen LogP contribution in [-0.2, 0) is 22.5 Å². The minimum Gasteiger partial charge on any atom is -0.497 e. The molecule has 0 aliphatic carbocycles. The van der Waals surface area contributed by atoms with Gasteiger partial charge in [-0.25, -0.2) is 0 Å². The summed E-state index contributed by atoms with van der Waals surface area (Å²) in [6.45, 7) is 2.00. The van der Waals surface area contributed by atoms with E-state index in [1.54, 1.807) is 18.4 Å². The van der Waals surface area contributed by atoms with Gasteiger partial charge in [0.1, 0.15) is 5.75 Å². The standard InChI is InChI=1S/C19H22N2O3S/c1-13(8-15-6-7-25-12-15)20-19(22)18-11-16(21-24-18)9-14-4-3-5-17(10-14)23-2/h3-7,10,12-13,18H,8-9,11H2,1-2H3,(H,20,22). The fourth-order valence-corrected chi connectivity index (χ4v) is 3.52. The first kappa shape index (κ1) is 17.5. The molecule has 1 aliphatic heterocycles. The van der Waals surface area contributed by atoms with Crippen molar-refractivity contribution >= 4 is 23.0 Å². The van der Waals surface area contributed by atoms with E-state index < -0.39 is 6.10 Å². The molecule has 1 aromatic carbocycles. The smallest absolute Gasteiger partial charge is 0.264 e. The van der Waals surface area contributed by atoms with Crippen molar-refractivity contribution in [3.05, 3.63) is 52.2 Å². The van der Waals surface area contributed by atoms with Crippen molar-refractivity contribution in [2.75, 3.05) is 7.11 Å². The fourth-order valence-electron chi connectivity index (χ4n) is 2.84. The molecule has 0 radical (unpaired) electrons. The van der Waals surface area contributed by atoms with Gasteiger partial charge in [0.2, 0.25) is 6.10 Å². The van der Waals surface area contributed by atoms with Crippen LogP contribution in [0.5, 0.6) is 5.75 Å². The fraction of sp³-hybridized carbons (Fsp3) is 0.368. The van der Waals surface area contributed by atoms with Gasteiger partial charge in [0.15, 0.2) is 0 Å². The number of hydrogen-bond donors (Lipinski definition) is 1. The summed E-state index contributed by atoms with van der Waals surface area (Å²) in [5.74, 6) is 0.709. The van der Waals surface area contributed by atoms with Gasteiger partial charge in [0.05, 0.1) is 12.8 Å². The first-order valence-electron chi connectivity index (χ1n) is 8.30. The first-order chi connectivity index (χ1) is 12.1. The molecule has 1 N–H and O–H groups in total. The van der Waals surface area contributed by atoms with E-state index in [0.29, 0.717) is 12.8 Å². The van der Waals surface area contributed by atoms with Crippen LogP contribution in [0.25, 0.3) is 0 Å². The summed E-state index contributed by atoms with van der Waals surface area (Å²) in [4.78, 5) is 17.7. The molecular formula is C19H22N2O3S. The van der Waals surface area contributed by atoms with Crippen LogP contribution < -0.4 is 10.1 Å². The number of ether oxygens (including phenoxy) is 1. The van der Waals surface area contributed by atoms with Crippen molar-refractivity contribution in [3.63, 3.8) is 0 Å². The van der Waals surface area contributed by atoms with Crippen LogP contribution in [-0.4, -0.2) is 30.9 Å². The maximum Gasteiger partial charge on any atom is 0.264 e. The Kier molecular flexibility index (Phi) is 5.71. The summed E-state index contributed by atoms with van der Waals surface area (Å²) < 4.78 is 5.23. The summed E-state index contributed by atoms with van der Waals surface area (Å²) in [6.07, 6.45) is 1.46. The highest BCUT2D eigenvalue weighted by Gasteiger charge is 2.28. The van der Waals surface area contributed by atoms with Gasteiger partial charge in [-0.2, -0.15) is 11.3 Å². The van der Waals surface area contributed by atoms with Gasteiger partial charge >= 0.3 is 0 Å². The van der Waals surface area contributed by atoms with Crippen LogP contribution in [0.2, 0.25) is 0 Å². The van der Waals surface area contributed by atoms with Crippen LogP contribution >= 0.6 is 11.3 Å². The molecule has 2 aromatic rings. The molecule has 1 amide bonds. The lowest BCUT2D eigenvalue weighted by Gasteiger charge is -2.15. The topological polar surface area (TPSA) is 59.9 Å². The Balaban J connectivity index is 1.48. The van der Waals surface area contributed by atoms with Gasteiger partial charge in [-0.3, -0.25) is 4.79 Å². The van der Waals surface area contributed by atoms with E-state index in [1.807, 2.05) is 36.6 Å². The number of thiophene rings is 1. The van der Waals surface area contributed by atoms with Crippen LogP contribution in [0, 0.1) is 0 Å². The Morgan fingerprint density at radius 3 is 3.08 bits per heavy atom. The zero-order valence-electron chi connectivity index (χ0n) is 14.4. The zero-order valence-corrected chi connectivity index (χ0v) is 15.2. The summed E-state index contributed by atoms with van der Waals surface area (Å²) >= 11 is 1.66. The van der Waals surface area contributed by atoms with Crippen molar-refractivity contribution in [3.8, 4) is 5.75 Å². The Morgan fingerprint density at radius 2 is 2.32 bits per heavy atom. The summed E-state index contributed by atoms with van der Waals surface area (Å²) in [5.41, 5.74) is 3.20. The van der Waals surface area contributed by atoms with Crippen molar-refractivity contribution in [1.82, 2.24) is 5.32 Å². The van der Waals surface area contributed by atoms with Gasteiger partial charge in [-0.15, -0.1) is 0 Å². The molecule has 25 heavy (non-hydrogen) atoms. The molecule has 0 saturated carbocycles. The number of rotatable bonds is 7. The predicted molar refractivity (Wildman–Crippen MR) is 99.3 cm³/mol. The number of oxime groups is 1. The molecule has 2 unspecified atom stereocenters. The summed E-state index contributed by atoms with van der Waals surface area (Å²) in [5, 5.41) is 11.2. The van der Waals surface area contributed by atoms with E-state index in [0.717, 1.165) is 23.4 Å². The highest BCUT2D eigenvalue weighted by atomic mass is 32.1. The van der Waals surface area contributed by atoms with E-state index in [1.165, 1.54) is 5.56 Å². The molecule has 2 atom stereocenters. The number of carbonyl (C=O) groups excluding carboxylic acids is 1. The average molecular weight is 358 g/mol. The van der Waals surface area contributed by atoms with Gasteiger partial charge < -0.3 is 14.9 Å². The molecule has 0 bridgehead atoms. The number of benzene rings is 1. The van der Waals surface area contributed by atoms with Gasteiger partial charge in [0, 0.05) is 18.9 Å². The normalized spacial score (nSPS) is 17.5. The molecule has 3 rings (SSSR count). The molecule has 5 nitrogen and oxygen atoms in total. The van der Waals surface area contributed by atoms with Crippen LogP contribution in [0.3, 0.4) is 0 Å². The van der Waals surface area contributed by atoms with Crippen LogP contribution in [0.15, 0.2) is 46.2 Å². The van der Waals surface area contributed by atoms with E-state index in [9.17, 15) is 4.79 Å². The van der Waals surface area contributed by atoms with E-state index in [-0.39, 0.29) is 11.9 Å². The maximum absolute atomic E-state index is 12.4. The predicted octanol–water partition coefficient (Wildman–Crippen LogP) is 3.19. The van der Waals surface area contributed by atoms with Crippen molar-refractivity contribution in [2.45, 2.75) is 38.3 Å². The number of amides is 1. The molecule has 6 heteroatoms. The Bertz CT molecular complexity index is 743. The molecule has 1 aliphatic rings. The largest absolute Gasteiger partial charge is 0.497 e. The van der Waals surface area contributed by atoms with Gasteiger partial charge in [-0.1, -0.05) is 17.3 Å². The third-order valence-electron chi connectivity index (χ3n) is 4.08. The lowest BCUT2D eigenvalue weighted by molar-refractivity contribution is -0.131. The van der Waals surface area contributed by atoms with Crippen molar-refractivity contribution < 1.29 is 14.4 Å². The van der Waals surface area contributed by atoms with Gasteiger partial charge in [-0.05, 0) is 53.4 Å². The molecule has 132 valence electrons. The molecule has 0 spiro atoms. The minimum absolute atomic E-state index is 0.0631. The molecule has 1 aromatic heterocycles. The average Bonchev–Trinajstić information content (AvgIpc) is 3.27. The number of methoxy groups -OCH3 is 1. The Labute approximate surface area is 151 Å². The molecular weight excluding hydrogens is 336 g/mol. The maximum atomic E-state index is 12.4. The Hall–Kier alpha value is -2.34. The van der Waals surface area contributed by atoms with Gasteiger partial charge in [0.25, 0.3) is 5.91 Å². The van der Waals surface area contributed by atoms with E-state index >= 15 is 0 Å². The number of nitrogens with one attached hydrogen (secondary N) is 1. The third kappa shape index (κ3) is 4.82. The van der Waals surface area contributed by atoms with E-state index in [4.69, 9.17) is 9.57 Å². The van der Waals surface area contributed by atoms with E-state index in [2.05, 4.69) is 21.9 Å². The monoisotopic (exact) mass is 358 g/mol. The SMILES string of the molecule is COc1cccc(CC2=NOC(C(=O)NC(C)Cc3ccsc3)C2)c1. The second-order valence-electron chi connectivity index (χ2n) is 6.23. The lowest BCUT2D eigenvalue weighted by Crippen LogP contribution is -2.41. The molecule has 0 fully saturated rings. The van der Waals surface area contributed by atoms with Crippen LogP contribution in [0.1, 0.15) is 24.5 Å². The first-order valence-corrected chi connectivity index (χ1v) is 9.24. The quantitative estimate of drug-likeness (QED) is 0.827. The van der Waals surface area contributed by atoms with Crippen LogP contribution in [0.4, 0.5) is 0 Å². The zero-order chi connectivity index (χ0) is 17.6. The van der Waals surface area contributed by atoms with Crippen molar-refractivity contribution in [2.24, 2.45) is 5.16 Å². The second-order valence-corrected chi connectivity index (χ2v) is 7.01. The number of hydrogen-bond acceptors (Lipinski definition) is 5. The van der Waals surface area contributed by atoms with Crippen molar-refractivity contribution in [1.29, 1.82) is 0 Å². The summed E-state index contributed by atoms with van der Waals surface area (Å²) in [6, 6.07) is 9.98. The molecule has 0 saturated heterocycles. The number of carbonyl (C=O) groups is 1. The highest BCUT2D eigenvalue weighted by molar-refractivity contribution is 7.07. The Morgan fingerprint density at radius 1 is 1.44 bits per heavy atom. The minimum atomic E-state index is -0.537. The lowest BCUT2D eigenvalue weighted by atomic mass is 10.0. The number of nitrogens with zero attached hydrogens (tertiary/aromatic N) is 1.